The van der Waals surface area contributed by atoms with E-state index >= 15 is 0 Å². The van der Waals surface area contributed by atoms with E-state index in [-0.39, 0.29) is 11.5 Å². The summed E-state index contributed by atoms with van der Waals surface area (Å²) in [4.78, 5) is 25.1. The van der Waals surface area contributed by atoms with Gasteiger partial charge in [0.15, 0.2) is 5.78 Å². The number of carbonyl (C=O) groups excluding carboxylic acids is 2. The molecular formula is C6H10N2O3. The standard InChI is InChI=1S/C6H10N2O3/c1-4(5(2)9)8-11-6(10)7-3/h1-3H3,(H,7,10)/b8-4+. The Morgan fingerprint density at radius 2 is 1.91 bits per heavy atom. The molecule has 0 fully saturated rings. The molecule has 0 unspecified atom stereocenters. The van der Waals surface area contributed by atoms with Crippen molar-refractivity contribution >= 4 is 17.6 Å². The number of carbonyl (C=O) groups is 2. The molecule has 0 aliphatic carbocycles. The van der Waals surface area contributed by atoms with Crippen LogP contribution in [-0.2, 0) is 9.63 Å². The van der Waals surface area contributed by atoms with Gasteiger partial charge >= 0.3 is 6.09 Å². The van der Waals surface area contributed by atoms with Gasteiger partial charge in [-0.05, 0) is 6.92 Å². The molecule has 0 aliphatic rings. The molecule has 0 bridgehead atoms. The van der Waals surface area contributed by atoms with Crippen molar-refractivity contribution < 1.29 is 14.4 Å². The van der Waals surface area contributed by atoms with Crippen molar-refractivity contribution in [3.8, 4) is 0 Å². The van der Waals surface area contributed by atoms with Gasteiger partial charge in [-0.1, -0.05) is 5.16 Å². The van der Waals surface area contributed by atoms with Gasteiger partial charge in [0.25, 0.3) is 0 Å². The van der Waals surface area contributed by atoms with E-state index in [1.165, 1.54) is 20.9 Å². The second-order valence-electron chi connectivity index (χ2n) is 1.86. The second kappa shape index (κ2) is 4.43. The van der Waals surface area contributed by atoms with Gasteiger partial charge < -0.3 is 5.32 Å². The molecule has 0 aromatic heterocycles. The fourth-order valence-electron chi connectivity index (χ4n) is 0.220. The van der Waals surface area contributed by atoms with Gasteiger partial charge in [0, 0.05) is 14.0 Å². The SMILES string of the molecule is CNC(=O)O/N=C(\C)C(C)=O. The highest BCUT2D eigenvalue weighted by atomic mass is 16.7. The van der Waals surface area contributed by atoms with Crippen LogP contribution in [0, 0.1) is 0 Å². The summed E-state index contributed by atoms with van der Waals surface area (Å²) >= 11 is 0. The lowest BCUT2D eigenvalue weighted by Gasteiger charge is -1.95. The lowest BCUT2D eigenvalue weighted by Crippen LogP contribution is -2.18. The normalized spacial score (nSPS) is 10.6. The molecule has 0 spiro atoms. The minimum Gasteiger partial charge on any atom is -0.323 e. The van der Waals surface area contributed by atoms with Crippen LogP contribution in [0.2, 0.25) is 0 Å². The molecule has 62 valence electrons. The highest BCUT2D eigenvalue weighted by Gasteiger charge is 2.00. The van der Waals surface area contributed by atoms with E-state index in [4.69, 9.17) is 0 Å². The fourth-order valence-corrected chi connectivity index (χ4v) is 0.220. The summed E-state index contributed by atoms with van der Waals surface area (Å²) in [6.45, 7) is 2.80. The quantitative estimate of drug-likeness (QED) is 0.357. The van der Waals surface area contributed by atoms with Crippen LogP contribution in [0.3, 0.4) is 0 Å². The van der Waals surface area contributed by atoms with Crippen LogP contribution in [0.1, 0.15) is 13.8 Å². The van der Waals surface area contributed by atoms with Crippen molar-refractivity contribution in [2.24, 2.45) is 5.16 Å². The van der Waals surface area contributed by atoms with Gasteiger partial charge in [0.05, 0.1) is 0 Å². The number of Topliss-reactive ketones (excluding diaryl/α,β-unsaturated/α-hetero) is 1. The summed E-state index contributed by atoms with van der Waals surface area (Å²) in [5.41, 5.74) is 0.161. The molecule has 0 rings (SSSR count). The maximum atomic E-state index is 10.5. The maximum absolute atomic E-state index is 10.5. The second-order valence-corrected chi connectivity index (χ2v) is 1.86. The van der Waals surface area contributed by atoms with Gasteiger partial charge in [-0.25, -0.2) is 4.79 Å². The zero-order valence-electron chi connectivity index (χ0n) is 6.67. The number of amides is 1. The predicted molar refractivity (Wildman–Crippen MR) is 39.3 cm³/mol. The summed E-state index contributed by atoms with van der Waals surface area (Å²) < 4.78 is 0. The summed E-state index contributed by atoms with van der Waals surface area (Å²) in [5.74, 6) is -0.228. The molecule has 11 heavy (non-hydrogen) atoms. The first-order valence-electron chi connectivity index (χ1n) is 3.02. The van der Waals surface area contributed by atoms with E-state index in [0.717, 1.165) is 0 Å². The number of nitrogens with one attached hydrogen (secondary N) is 1. The number of oxime groups is 1. The topological polar surface area (TPSA) is 67.8 Å². The third-order valence-corrected chi connectivity index (χ3v) is 0.979. The first-order chi connectivity index (χ1) is 5.07. The van der Waals surface area contributed by atoms with E-state index in [2.05, 4.69) is 15.3 Å². The molecule has 5 heteroatoms. The summed E-state index contributed by atoms with van der Waals surface area (Å²) in [6.07, 6.45) is -0.689. The van der Waals surface area contributed by atoms with Crippen LogP contribution in [-0.4, -0.2) is 24.6 Å². The predicted octanol–water partition coefficient (Wildman–Crippen LogP) is 0.307. The van der Waals surface area contributed by atoms with Crippen LogP contribution in [0.15, 0.2) is 5.16 Å². The molecule has 1 N–H and O–H groups in total. The van der Waals surface area contributed by atoms with Crippen LogP contribution in [0.5, 0.6) is 0 Å². The van der Waals surface area contributed by atoms with E-state index in [1.54, 1.807) is 0 Å². The Hall–Kier alpha value is -1.39. The minimum absolute atomic E-state index is 0.161. The van der Waals surface area contributed by atoms with Gasteiger partial charge in [-0.2, -0.15) is 0 Å². The molecule has 0 atom stereocenters. The van der Waals surface area contributed by atoms with Gasteiger partial charge in [-0.3, -0.25) is 9.63 Å². The number of rotatable bonds is 2. The molecule has 0 aliphatic heterocycles. The number of hydrogen-bond acceptors (Lipinski definition) is 4. The summed E-state index contributed by atoms with van der Waals surface area (Å²) in [6, 6.07) is 0. The summed E-state index contributed by atoms with van der Waals surface area (Å²) in [5, 5.41) is 5.43. The van der Waals surface area contributed by atoms with E-state index in [1.807, 2.05) is 0 Å². The molecule has 0 saturated carbocycles. The average molecular weight is 158 g/mol. The van der Waals surface area contributed by atoms with Crippen LogP contribution in [0.4, 0.5) is 4.79 Å². The Morgan fingerprint density at radius 1 is 1.36 bits per heavy atom. The van der Waals surface area contributed by atoms with Crippen molar-refractivity contribution in [3.05, 3.63) is 0 Å². The third kappa shape index (κ3) is 4.07. The Kier molecular flexibility index (Phi) is 3.87. The smallest absolute Gasteiger partial charge is 0.323 e. The largest absolute Gasteiger partial charge is 0.433 e. The maximum Gasteiger partial charge on any atom is 0.433 e. The number of hydrogen-bond donors (Lipinski definition) is 1. The van der Waals surface area contributed by atoms with Crippen LogP contribution in [0.25, 0.3) is 0 Å². The van der Waals surface area contributed by atoms with Crippen molar-refractivity contribution in [3.63, 3.8) is 0 Å². The lowest BCUT2D eigenvalue weighted by molar-refractivity contribution is -0.111. The fraction of sp³-hybridized carbons (Fsp3) is 0.500. The van der Waals surface area contributed by atoms with Crippen LogP contribution >= 0.6 is 0 Å². The van der Waals surface area contributed by atoms with E-state index in [9.17, 15) is 9.59 Å². The molecule has 0 aromatic carbocycles. The monoisotopic (exact) mass is 158 g/mol. The Bertz CT molecular complexity index is 198. The van der Waals surface area contributed by atoms with Crippen molar-refractivity contribution in [2.45, 2.75) is 13.8 Å². The van der Waals surface area contributed by atoms with E-state index < -0.39 is 6.09 Å². The highest BCUT2D eigenvalue weighted by Crippen LogP contribution is 1.83. The first-order valence-corrected chi connectivity index (χ1v) is 3.02. The lowest BCUT2D eigenvalue weighted by atomic mass is 10.3. The van der Waals surface area contributed by atoms with E-state index in [0.29, 0.717) is 0 Å². The molecule has 0 heterocycles. The molecule has 0 aromatic rings. The number of ketones is 1. The van der Waals surface area contributed by atoms with Crippen molar-refractivity contribution in [1.82, 2.24) is 5.32 Å². The zero-order chi connectivity index (χ0) is 8.85. The average Bonchev–Trinajstić information content (AvgIpc) is 1.99. The molecular weight excluding hydrogens is 148 g/mol. The van der Waals surface area contributed by atoms with Gasteiger partial charge in [0.1, 0.15) is 5.71 Å². The molecule has 5 nitrogen and oxygen atoms in total. The zero-order valence-corrected chi connectivity index (χ0v) is 6.67. The van der Waals surface area contributed by atoms with Crippen LogP contribution < -0.4 is 5.32 Å². The minimum atomic E-state index is -0.689. The Labute approximate surface area is 64.4 Å². The van der Waals surface area contributed by atoms with Gasteiger partial charge in [-0.15, -0.1) is 0 Å². The molecule has 1 amide bonds. The summed E-state index contributed by atoms with van der Waals surface area (Å²) in [7, 11) is 1.40. The Morgan fingerprint density at radius 3 is 2.27 bits per heavy atom. The van der Waals surface area contributed by atoms with Gasteiger partial charge in [0.2, 0.25) is 0 Å². The third-order valence-electron chi connectivity index (χ3n) is 0.979. The number of nitrogens with zero attached hydrogens (tertiary/aromatic N) is 1. The first kappa shape index (κ1) is 9.61. The van der Waals surface area contributed by atoms with Crippen molar-refractivity contribution in [2.75, 3.05) is 7.05 Å². The molecule has 0 saturated heterocycles. The highest BCUT2D eigenvalue weighted by molar-refractivity contribution is 6.37. The molecule has 0 radical (unpaired) electrons. The van der Waals surface area contributed by atoms with Crippen molar-refractivity contribution in [1.29, 1.82) is 0 Å². The Balaban J connectivity index is 3.92.